The fourth-order valence-electron chi connectivity index (χ4n) is 1.87. The van der Waals surface area contributed by atoms with Crippen LogP contribution in [0, 0.1) is 0 Å². The zero-order valence-electron chi connectivity index (χ0n) is 13.4. The molecule has 0 unspecified atom stereocenters. The lowest BCUT2D eigenvalue weighted by Crippen LogP contribution is -2.27. The molecule has 1 amide bonds. The predicted octanol–water partition coefficient (Wildman–Crippen LogP) is 1.38. The second kappa shape index (κ2) is 8.59. The highest BCUT2D eigenvalue weighted by atomic mass is 16.5. The molecule has 0 saturated carbocycles. The molecule has 0 bridgehead atoms. The summed E-state index contributed by atoms with van der Waals surface area (Å²) < 4.78 is 9.53. The number of ether oxygens (including phenoxy) is 2. The molecule has 0 aliphatic carbocycles. The molecule has 0 aliphatic rings. The van der Waals surface area contributed by atoms with E-state index < -0.39 is 5.97 Å². The molecule has 2 N–H and O–H groups in total. The van der Waals surface area contributed by atoms with Crippen LogP contribution in [0.15, 0.2) is 36.4 Å². The van der Waals surface area contributed by atoms with Gasteiger partial charge < -0.3 is 20.1 Å². The minimum Gasteiger partial charge on any atom is -0.465 e. The third-order valence-electron chi connectivity index (χ3n) is 3.05. The Morgan fingerprint density at radius 2 is 1.96 bits per heavy atom. The van der Waals surface area contributed by atoms with Gasteiger partial charge in [0.15, 0.2) is 11.5 Å². The normalized spacial score (nSPS) is 10.1. The van der Waals surface area contributed by atoms with Crippen LogP contribution in [-0.4, -0.2) is 49.4 Å². The van der Waals surface area contributed by atoms with Crippen molar-refractivity contribution in [2.45, 2.75) is 0 Å². The highest BCUT2D eigenvalue weighted by molar-refractivity contribution is 5.92. The number of hydrogen-bond acceptors (Lipinski definition) is 7. The zero-order chi connectivity index (χ0) is 17.4. The summed E-state index contributed by atoms with van der Waals surface area (Å²) in [6.07, 6.45) is 0. The molecule has 0 fully saturated rings. The van der Waals surface area contributed by atoms with Crippen LogP contribution < -0.4 is 10.6 Å². The van der Waals surface area contributed by atoms with Crippen LogP contribution in [0.1, 0.15) is 20.8 Å². The van der Waals surface area contributed by atoms with Crippen LogP contribution in [0.5, 0.6) is 0 Å². The van der Waals surface area contributed by atoms with Gasteiger partial charge in [0.2, 0.25) is 0 Å². The first-order valence-electron chi connectivity index (χ1n) is 7.20. The number of nitrogens with one attached hydrogen (secondary N) is 2. The Morgan fingerprint density at radius 3 is 2.62 bits per heavy atom. The van der Waals surface area contributed by atoms with E-state index in [4.69, 9.17) is 4.74 Å². The number of anilines is 2. The quantitative estimate of drug-likeness (QED) is 0.584. The maximum Gasteiger partial charge on any atom is 0.337 e. The van der Waals surface area contributed by atoms with Gasteiger partial charge in [-0.2, -0.15) is 0 Å². The Balaban J connectivity index is 2.01. The first-order chi connectivity index (χ1) is 11.6. The second-order valence-corrected chi connectivity index (χ2v) is 4.75. The largest absolute Gasteiger partial charge is 0.465 e. The van der Waals surface area contributed by atoms with E-state index in [1.807, 2.05) is 0 Å². The van der Waals surface area contributed by atoms with Crippen molar-refractivity contribution in [3.05, 3.63) is 47.7 Å². The Kier molecular flexibility index (Phi) is 6.21. The molecule has 2 rings (SSSR count). The molecule has 0 aliphatic heterocycles. The molecule has 8 heteroatoms. The van der Waals surface area contributed by atoms with Crippen molar-refractivity contribution >= 4 is 23.4 Å². The van der Waals surface area contributed by atoms with Gasteiger partial charge in [-0.15, -0.1) is 10.2 Å². The fraction of sp³-hybridized carbons (Fsp3) is 0.250. The van der Waals surface area contributed by atoms with E-state index >= 15 is 0 Å². The summed E-state index contributed by atoms with van der Waals surface area (Å²) in [7, 11) is 2.88. The molecule has 1 aromatic heterocycles. The Bertz CT molecular complexity index is 703. The van der Waals surface area contributed by atoms with Crippen LogP contribution in [0.25, 0.3) is 0 Å². The van der Waals surface area contributed by atoms with E-state index in [-0.39, 0.29) is 11.6 Å². The SMILES string of the molecule is COCCNC(=O)c1ccc(Nc2cccc(C(=O)OC)c2)nn1. The average molecular weight is 330 g/mol. The number of amides is 1. The summed E-state index contributed by atoms with van der Waals surface area (Å²) in [5, 5.41) is 13.5. The Morgan fingerprint density at radius 1 is 1.12 bits per heavy atom. The summed E-state index contributed by atoms with van der Waals surface area (Å²) in [6, 6.07) is 9.97. The molecule has 0 radical (unpaired) electrons. The van der Waals surface area contributed by atoms with Crippen molar-refractivity contribution in [2.24, 2.45) is 0 Å². The molecule has 0 spiro atoms. The molecular weight excluding hydrogens is 312 g/mol. The lowest BCUT2D eigenvalue weighted by Gasteiger charge is -2.07. The molecule has 8 nitrogen and oxygen atoms in total. The van der Waals surface area contributed by atoms with Gasteiger partial charge in [-0.05, 0) is 30.3 Å². The third-order valence-corrected chi connectivity index (χ3v) is 3.05. The van der Waals surface area contributed by atoms with Crippen LogP contribution in [0.2, 0.25) is 0 Å². The Labute approximate surface area is 139 Å². The number of carbonyl (C=O) groups is 2. The monoisotopic (exact) mass is 330 g/mol. The van der Waals surface area contributed by atoms with E-state index in [2.05, 4.69) is 25.6 Å². The van der Waals surface area contributed by atoms with Gasteiger partial charge in [0.25, 0.3) is 5.91 Å². The van der Waals surface area contributed by atoms with Crippen molar-refractivity contribution in [2.75, 3.05) is 32.7 Å². The van der Waals surface area contributed by atoms with E-state index in [9.17, 15) is 9.59 Å². The topological polar surface area (TPSA) is 102 Å². The first kappa shape index (κ1) is 17.4. The number of nitrogens with zero attached hydrogens (tertiary/aromatic N) is 2. The molecule has 0 saturated heterocycles. The number of esters is 1. The van der Waals surface area contributed by atoms with Gasteiger partial charge in [-0.3, -0.25) is 4.79 Å². The van der Waals surface area contributed by atoms with Gasteiger partial charge in [0.1, 0.15) is 0 Å². The smallest absolute Gasteiger partial charge is 0.337 e. The van der Waals surface area contributed by atoms with Crippen molar-refractivity contribution in [3.63, 3.8) is 0 Å². The summed E-state index contributed by atoms with van der Waals surface area (Å²) in [5.74, 6) is -0.294. The maximum absolute atomic E-state index is 11.8. The van der Waals surface area contributed by atoms with Crippen molar-refractivity contribution < 1.29 is 19.1 Å². The number of methoxy groups -OCH3 is 2. The molecule has 1 aromatic carbocycles. The van der Waals surface area contributed by atoms with Crippen LogP contribution in [-0.2, 0) is 9.47 Å². The van der Waals surface area contributed by atoms with Crippen molar-refractivity contribution in [3.8, 4) is 0 Å². The minimum atomic E-state index is -0.423. The van der Waals surface area contributed by atoms with Gasteiger partial charge >= 0.3 is 5.97 Å². The standard InChI is InChI=1S/C16H18N4O4/c1-23-9-8-17-15(21)13-6-7-14(20-19-13)18-12-5-3-4-11(10-12)16(22)24-2/h3-7,10H,8-9H2,1-2H3,(H,17,21)(H,18,20). The molecule has 24 heavy (non-hydrogen) atoms. The average Bonchev–Trinajstić information content (AvgIpc) is 2.62. The van der Waals surface area contributed by atoms with Gasteiger partial charge in [0.05, 0.1) is 19.3 Å². The number of hydrogen-bond donors (Lipinski definition) is 2. The molecule has 0 atom stereocenters. The van der Waals surface area contributed by atoms with Gasteiger partial charge in [0, 0.05) is 19.3 Å². The summed E-state index contributed by atoms with van der Waals surface area (Å²) in [6.45, 7) is 0.826. The second-order valence-electron chi connectivity index (χ2n) is 4.75. The predicted molar refractivity (Wildman–Crippen MR) is 87.3 cm³/mol. The van der Waals surface area contributed by atoms with Crippen LogP contribution >= 0.6 is 0 Å². The highest BCUT2D eigenvalue weighted by Crippen LogP contribution is 2.16. The van der Waals surface area contributed by atoms with Crippen LogP contribution in [0.4, 0.5) is 11.5 Å². The number of rotatable bonds is 7. The number of aromatic nitrogens is 2. The summed E-state index contributed by atoms with van der Waals surface area (Å²) in [4.78, 5) is 23.3. The summed E-state index contributed by atoms with van der Waals surface area (Å²) >= 11 is 0. The van der Waals surface area contributed by atoms with E-state index in [1.165, 1.54) is 7.11 Å². The number of carbonyl (C=O) groups excluding carboxylic acids is 2. The van der Waals surface area contributed by atoms with E-state index in [0.29, 0.717) is 30.2 Å². The van der Waals surface area contributed by atoms with E-state index in [0.717, 1.165) is 0 Å². The van der Waals surface area contributed by atoms with Crippen molar-refractivity contribution in [1.82, 2.24) is 15.5 Å². The van der Waals surface area contributed by atoms with Crippen LogP contribution in [0.3, 0.4) is 0 Å². The lowest BCUT2D eigenvalue weighted by atomic mass is 10.2. The number of benzene rings is 1. The third kappa shape index (κ3) is 4.75. The maximum atomic E-state index is 11.8. The highest BCUT2D eigenvalue weighted by Gasteiger charge is 2.09. The zero-order valence-corrected chi connectivity index (χ0v) is 13.4. The first-order valence-corrected chi connectivity index (χ1v) is 7.20. The lowest BCUT2D eigenvalue weighted by molar-refractivity contribution is 0.0600. The molecular formula is C16H18N4O4. The van der Waals surface area contributed by atoms with E-state index in [1.54, 1.807) is 43.5 Å². The molecule has 126 valence electrons. The Hall–Kier alpha value is -3.00. The molecule has 2 aromatic rings. The molecule has 1 heterocycles. The van der Waals surface area contributed by atoms with Crippen molar-refractivity contribution in [1.29, 1.82) is 0 Å². The van der Waals surface area contributed by atoms with Gasteiger partial charge in [-0.25, -0.2) is 4.79 Å². The minimum absolute atomic E-state index is 0.208. The summed E-state index contributed by atoms with van der Waals surface area (Å²) in [5.41, 5.74) is 1.29. The fourth-order valence-corrected chi connectivity index (χ4v) is 1.87. The van der Waals surface area contributed by atoms with Gasteiger partial charge in [-0.1, -0.05) is 6.07 Å².